The quantitative estimate of drug-likeness (QED) is 0.439. The summed E-state index contributed by atoms with van der Waals surface area (Å²) in [6, 6.07) is 0.790. The van der Waals surface area contributed by atoms with Gasteiger partial charge in [0.25, 0.3) is 0 Å². The van der Waals surface area contributed by atoms with Gasteiger partial charge in [-0.1, -0.05) is 56.1 Å². The molecule has 1 saturated heterocycles. The van der Waals surface area contributed by atoms with Crippen molar-refractivity contribution < 1.29 is 23.1 Å². The molecule has 1 N–H and O–H groups in total. The lowest BCUT2D eigenvalue weighted by molar-refractivity contribution is -0.161. The number of likely N-dealkylation sites (tertiary alicyclic amines) is 1. The number of carbonyl (C=O) groups excluding carboxylic acids is 1. The third-order valence-corrected chi connectivity index (χ3v) is 10.9. The Balaban J connectivity index is 1.88. The Kier molecular flexibility index (Phi) is 8.13. The Labute approximate surface area is 228 Å². The number of rotatable bonds is 9. The topological polar surface area (TPSA) is 105 Å². The molecule has 1 saturated carbocycles. The van der Waals surface area contributed by atoms with Crippen LogP contribution >= 0.6 is 23.2 Å². The molecular weight excluding hydrogens is 535 g/mol. The second-order valence-electron chi connectivity index (χ2n) is 11.0. The van der Waals surface area contributed by atoms with E-state index in [-0.39, 0.29) is 47.5 Å². The smallest absolute Gasteiger partial charge is 0.304 e. The molecule has 6 atom stereocenters. The lowest BCUT2D eigenvalue weighted by atomic mass is 9.64. The van der Waals surface area contributed by atoms with Crippen molar-refractivity contribution in [1.29, 1.82) is 0 Å². The Morgan fingerprint density at radius 1 is 1.30 bits per heavy atom. The van der Waals surface area contributed by atoms with Crippen molar-refractivity contribution in [2.75, 3.05) is 5.75 Å². The Morgan fingerprint density at radius 2 is 2.00 bits per heavy atom. The summed E-state index contributed by atoms with van der Waals surface area (Å²) in [6.07, 6.45) is 10.6. The van der Waals surface area contributed by atoms with Crippen molar-refractivity contribution in [3.05, 3.63) is 52.3 Å². The second-order valence-corrected chi connectivity index (χ2v) is 14.2. The fraction of sp³-hybridized carbons (Fsp3) is 0.593. The van der Waals surface area contributed by atoms with Gasteiger partial charge in [0.2, 0.25) is 5.91 Å². The molecule has 1 aliphatic heterocycles. The Hall–Kier alpha value is -1.90. The summed E-state index contributed by atoms with van der Waals surface area (Å²) in [5.41, 5.74) is -0.422. The van der Waals surface area contributed by atoms with Crippen LogP contribution in [0.3, 0.4) is 0 Å². The molecule has 0 aromatic carbocycles. The van der Waals surface area contributed by atoms with Gasteiger partial charge in [-0.25, -0.2) is 8.42 Å². The van der Waals surface area contributed by atoms with Crippen molar-refractivity contribution >= 4 is 44.9 Å². The molecule has 1 amide bonds. The number of pyridine rings is 1. The van der Waals surface area contributed by atoms with Gasteiger partial charge in [-0.15, -0.1) is 0 Å². The van der Waals surface area contributed by atoms with Crippen LogP contribution in [0.15, 0.2) is 41.7 Å². The van der Waals surface area contributed by atoms with Gasteiger partial charge in [0.15, 0.2) is 9.84 Å². The highest BCUT2D eigenvalue weighted by atomic mass is 35.5. The van der Waals surface area contributed by atoms with E-state index in [0.29, 0.717) is 29.3 Å². The molecule has 202 valence electrons. The van der Waals surface area contributed by atoms with Gasteiger partial charge in [-0.05, 0) is 49.3 Å². The molecule has 7 nitrogen and oxygen atoms in total. The van der Waals surface area contributed by atoms with E-state index in [4.69, 9.17) is 23.2 Å². The highest BCUT2D eigenvalue weighted by molar-refractivity contribution is 7.92. The fourth-order valence-electron chi connectivity index (χ4n) is 6.07. The standard InChI is InChI=1S/C27H34Cl2N2O5S/c1-4-20(15-37(35,36)21-6-7-21)31-25(22-8-5-18(28)9-16(22)2)23(17-10-19(29)14-30-13-17)11-27(3,26(31)34)12-24(32)33/h5,8-10,13-14,16,20-23,25H,4,6-7,11-12,15H2,1-3H3,(H,32,33)/t16?,20-,22?,23+,25+,27+/m0/s1. The van der Waals surface area contributed by atoms with E-state index in [0.717, 1.165) is 5.56 Å². The van der Waals surface area contributed by atoms with Gasteiger partial charge in [0.1, 0.15) is 0 Å². The number of carboxylic acids is 1. The summed E-state index contributed by atoms with van der Waals surface area (Å²) in [7, 11) is -3.39. The first-order chi connectivity index (χ1) is 17.4. The van der Waals surface area contributed by atoms with E-state index in [1.165, 1.54) is 6.20 Å². The van der Waals surface area contributed by atoms with Crippen LogP contribution < -0.4 is 0 Å². The minimum absolute atomic E-state index is 0.0335. The number of amides is 1. The molecule has 0 radical (unpaired) electrons. The maximum absolute atomic E-state index is 14.3. The van der Waals surface area contributed by atoms with Crippen LogP contribution in [0.1, 0.15) is 64.4 Å². The number of hydrogen-bond acceptors (Lipinski definition) is 5. The van der Waals surface area contributed by atoms with E-state index in [9.17, 15) is 23.1 Å². The van der Waals surface area contributed by atoms with Crippen LogP contribution in [0.4, 0.5) is 0 Å². The van der Waals surface area contributed by atoms with Gasteiger partial charge in [0.05, 0.1) is 27.9 Å². The molecule has 2 heterocycles. The Bertz CT molecular complexity index is 1230. The van der Waals surface area contributed by atoms with Gasteiger partial charge in [0, 0.05) is 41.3 Å². The first kappa shape index (κ1) is 28.1. The molecule has 2 unspecified atom stereocenters. The number of aromatic nitrogens is 1. The molecule has 10 heteroatoms. The summed E-state index contributed by atoms with van der Waals surface area (Å²) in [4.78, 5) is 32.2. The van der Waals surface area contributed by atoms with Crippen molar-refractivity contribution in [3.8, 4) is 0 Å². The predicted molar refractivity (Wildman–Crippen MR) is 144 cm³/mol. The minimum Gasteiger partial charge on any atom is -0.481 e. The van der Waals surface area contributed by atoms with Crippen LogP contribution in [0, 0.1) is 17.3 Å². The van der Waals surface area contributed by atoms with E-state index in [1.807, 2.05) is 38.1 Å². The van der Waals surface area contributed by atoms with Crippen molar-refractivity contribution in [3.63, 3.8) is 0 Å². The zero-order valence-corrected chi connectivity index (χ0v) is 23.6. The van der Waals surface area contributed by atoms with E-state index < -0.39 is 33.3 Å². The van der Waals surface area contributed by atoms with Crippen molar-refractivity contribution in [2.45, 2.75) is 76.1 Å². The monoisotopic (exact) mass is 568 g/mol. The van der Waals surface area contributed by atoms with Crippen molar-refractivity contribution in [1.82, 2.24) is 9.88 Å². The molecular formula is C27H34Cl2N2O5S. The molecule has 3 aliphatic rings. The van der Waals surface area contributed by atoms with Crippen molar-refractivity contribution in [2.24, 2.45) is 17.3 Å². The molecule has 1 aromatic rings. The number of halogens is 2. The molecule has 1 aromatic heterocycles. The minimum atomic E-state index is -3.39. The number of carboxylic acid groups (broad SMARTS) is 1. The molecule has 0 spiro atoms. The van der Waals surface area contributed by atoms with Gasteiger partial charge in [-0.2, -0.15) is 0 Å². The summed E-state index contributed by atoms with van der Waals surface area (Å²) in [5.74, 6) is -2.03. The number of aliphatic carboxylic acids is 1. The lowest BCUT2D eigenvalue weighted by Gasteiger charge is -2.54. The molecule has 37 heavy (non-hydrogen) atoms. The summed E-state index contributed by atoms with van der Waals surface area (Å²) in [6.45, 7) is 5.59. The largest absolute Gasteiger partial charge is 0.481 e. The number of piperidine rings is 1. The summed E-state index contributed by atoms with van der Waals surface area (Å²) in [5, 5.41) is 10.4. The van der Waals surface area contributed by atoms with Gasteiger partial charge in [-0.3, -0.25) is 14.6 Å². The highest BCUT2D eigenvalue weighted by Gasteiger charge is 2.55. The Morgan fingerprint density at radius 3 is 2.57 bits per heavy atom. The zero-order chi connectivity index (χ0) is 27.1. The SMILES string of the molecule is CC[C@@H](CS(=O)(=O)C1CC1)N1C(=O)[C@@](C)(CC(=O)O)C[C@H](c2cncc(Cl)c2)[C@H]1C1C=CC(Cl)=CC1C. The normalized spacial score (nSPS) is 31.2. The zero-order valence-electron chi connectivity index (χ0n) is 21.3. The number of sulfone groups is 1. The highest BCUT2D eigenvalue weighted by Crippen LogP contribution is 2.50. The number of nitrogens with zero attached hydrogens (tertiary/aromatic N) is 2. The summed E-state index contributed by atoms with van der Waals surface area (Å²) < 4.78 is 26.3. The van der Waals surface area contributed by atoms with Gasteiger partial charge < -0.3 is 10.0 Å². The average Bonchev–Trinajstić information content (AvgIpc) is 3.66. The second kappa shape index (κ2) is 10.7. The molecule has 2 aliphatic carbocycles. The lowest BCUT2D eigenvalue weighted by Crippen LogP contribution is -2.63. The fourth-order valence-corrected chi connectivity index (χ4v) is 8.59. The first-order valence-corrected chi connectivity index (χ1v) is 15.3. The predicted octanol–water partition coefficient (Wildman–Crippen LogP) is 5.20. The molecule has 0 bridgehead atoms. The number of allylic oxidation sites excluding steroid dienone is 3. The summed E-state index contributed by atoms with van der Waals surface area (Å²) >= 11 is 12.6. The average molecular weight is 570 g/mol. The third-order valence-electron chi connectivity index (χ3n) is 8.07. The van der Waals surface area contributed by atoms with Crippen LogP contribution in [-0.2, 0) is 19.4 Å². The van der Waals surface area contributed by atoms with Crippen LogP contribution in [-0.4, -0.2) is 58.4 Å². The van der Waals surface area contributed by atoms with E-state index in [1.54, 1.807) is 18.0 Å². The number of hydrogen-bond donors (Lipinski definition) is 1. The molecule has 2 fully saturated rings. The van der Waals surface area contributed by atoms with Gasteiger partial charge >= 0.3 is 5.97 Å². The first-order valence-electron chi connectivity index (χ1n) is 12.8. The van der Waals surface area contributed by atoms with Crippen LogP contribution in [0.2, 0.25) is 5.02 Å². The van der Waals surface area contributed by atoms with E-state index in [2.05, 4.69) is 4.98 Å². The van der Waals surface area contributed by atoms with Crippen LogP contribution in [0.5, 0.6) is 0 Å². The number of carbonyl (C=O) groups is 2. The third kappa shape index (κ3) is 5.91. The molecule has 4 rings (SSSR count). The maximum atomic E-state index is 14.3. The maximum Gasteiger partial charge on any atom is 0.304 e. The van der Waals surface area contributed by atoms with E-state index >= 15 is 0 Å². The van der Waals surface area contributed by atoms with Crippen LogP contribution in [0.25, 0.3) is 0 Å².